The van der Waals surface area contributed by atoms with E-state index in [-0.39, 0.29) is 24.2 Å². The lowest BCUT2D eigenvalue weighted by Crippen LogP contribution is -2.41. The van der Waals surface area contributed by atoms with Crippen molar-refractivity contribution in [2.24, 2.45) is 0 Å². The smallest absolute Gasteiger partial charge is 0.260 e. The Balaban J connectivity index is 1.35. The van der Waals surface area contributed by atoms with Crippen molar-refractivity contribution in [1.29, 1.82) is 0 Å². The Morgan fingerprint density at radius 1 is 1.26 bits per heavy atom. The number of nitrogens with zero attached hydrogens (tertiary/aromatic N) is 2. The van der Waals surface area contributed by atoms with Gasteiger partial charge in [-0.05, 0) is 42.7 Å². The van der Waals surface area contributed by atoms with E-state index >= 15 is 0 Å². The van der Waals surface area contributed by atoms with Gasteiger partial charge in [0.1, 0.15) is 11.6 Å². The van der Waals surface area contributed by atoms with E-state index in [2.05, 4.69) is 4.98 Å². The van der Waals surface area contributed by atoms with E-state index < -0.39 is 11.6 Å². The first-order chi connectivity index (χ1) is 15.0. The summed E-state index contributed by atoms with van der Waals surface area (Å²) < 4.78 is 37.9. The van der Waals surface area contributed by atoms with Crippen LogP contribution in [0.4, 0.5) is 8.78 Å². The Hall–Kier alpha value is -2.93. The van der Waals surface area contributed by atoms with Crippen LogP contribution in [0.15, 0.2) is 53.1 Å². The van der Waals surface area contributed by atoms with Crippen LogP contribution in [0.25, 0.3) is 0 Å². The van der Waals surface area contributed by atoms with Crippen LogP contribution in [-0.2, 0) is 11.2 Å². The van der Waals surface area contributed by atoms with Crippen LogP contribution in [0, 0.1) is 11.6 Å². The molecule has 0 aliphatic carbocycles. The summed E-state index contributed by atoms with van der Waals surface area (Å²) in [5, 5.41) is 0.668. The zero-order chi connectivity index (χ0) is 21.8. The van der Waals surface area contributed by atoms with E-state index in [4.69, 9.17) is 20.8 Å². The van der Waals surface area contributed by atoms with Crippen LogP contribution in [0.3, 0.4) is 0 Å². The van der Waals surface area contributed by atoms with Gasteiger partial charge in [0.15, 0.2) is 24.1 Å². The number of ether oxygens (including phenoxy) is 1. The van der Waals surface area contributed by atoms with Crippen LogP contribution < -0.4 is 4.74 Å². The van der Waals surface area contributed by atoms with Gasteiger partial charge >= 0.3 is 0 Å². The van der Waals surface area contributed by atoms with E-state index in [1.54, 1.807) is 11.1 Å². The van der Waals surface area contributed by atoms with Crippen molar-refractivity contribution in [1.82, 2.24) is 9.88 Å². The third-order valence-electron chi connectivity index (χ3n) is 5.21. The number of rotatable bonds is 6. The van der Waals surface area contributed by atoms with Gasteiger partial charge in [-0.2, -0.15) is 0 Å². The third-order valence-corrected chi connectivity index (χ3v) is 5.44. The maximum absolute atomic E-state index is 13.7. The zero-order valence-corrected chi connectivity index (χ0v) is 17.4. The molecule has 8 heteroatoms. The highest BCUT2D eigenvalue weighted by Gasteiger charge is 2.28. The first-order valence-corrected chi connectivity index (χ1v) is 10.4. The van der Waals surface area contributed by atoms with Crippen LogP contribution in [-0.4, -0.2) is 35.5 Å². The summed E-state index contributed by atoms with van der Waals surface area (Å²) in [6.45, 7) is 0.715. The summed E-state index contributed by atoms with van der Waals surface area (Å²) in [6.07, 6.45) is 3.94. The quantitative estimate of drug-likeness (QED) is 0.535. The fourth-order valence-corrected chi connectivity index (χ4v) is 3.88. The average molecular weight is 447 g/mol. The highest BCUT2D eigenvalue weighted by Crippen LogP contribution is 2.28. The molecule has 1 aliphatic heterocycles. The topological polar surface area (TPSA) is 55.6 Å². The lowest BCUT2D eigenvalue weighted by atomic mass is 9.98. The van der Waals surface area contributed by atoms with Gasteiger partial charge in [-0.25, -0.2) is 13.8 Å². The first-order valence-electron chi connectivity index (χ1n) is 10.0. The average Bonchev–Trinajstić information content (AvgIpc) is 3.21. The fraction of sp³-hybridized carbons (Fsp3) is 0.304. The first kappa shape index (κ1) is 21.3. The van der Waals surface area contributed by atoms with E-state index in [9.17, 15) is 13.6 Å². The number of hydrogen-bond donors (Lipinski definition) is 0. The second-order valence-corrected chi connectivity index (χ2v) is 7.95. The Kier molecular flexibility index (Phi) is 6.51. The Morgan fingerprint density at radius 2 is 2.13 bits per heavy atom. The number of carbonyl (C=O) groups excluding carboxylic acids is 1. The van der Waals surface area contributed by atoms with Gasteiger partial charge in [-0.1, -0.05) is 23.7 Å². The molecule has 5 nitrogen and oxygen atoms in total. The lowest BCUT2D eigenvalue weighted by Gasteiger charge is -2.31. The summed E-state index contributed by atoms with van der Waals surface area (Å²) in [5.41, 5.74) is 1.03. The van der Waals surface area contributed by atoms with Gasteiger partial charge in [-0.3, -0.25) is 4.79 Å². The maximum Gasteiger partial charge on any atom is 0.260 e. The monoisotopic (exact) mass is 446 g/mol. The molecule has 162 valence electrons. The summed E-state index contributed by atoms with van der Waals surface area (Å²) in [7, 11) is 0. The van der Waals surface area contributed by atoms with Crippen molar-refractivity contribution in [2.75, 3.05) is 19.7 Å². The van der Waals surface area contributed by atoms with Gasteiger partial charge in [0.25, 0.3) is 5.91 Å². The molecule has 4 rings (SSSR count). The molecule has 0 spiro atoms. The highest BCUT2D eigenvalue weighted by atomic mass is 35.5. The number of aromatic nitrogens is 1. The third kappa shape index (κ3) is 5.41. The molecule has 0 bridgehead atoms. The molecule has 2 aromatic carbocycles. The van der Waals surface area contributed by atoms with Gasteiger partial charge in [0, 0.05) is 30.6 Å². The summed E-state index contributed by atoms with van der Waals surface area (Å²) in [5.74, 6) is -0.642. The molecule has 0 radical (unpaired) electrons. The minimum atomic E-state index is -0.837. The van der Waals surface area contributed by atoms with Crippen LogP contribution in [0.2, 0.25) is 5.02 Å². The van der Waals surface area contributed by atoms with Gasteiger partial charge in [-0.15, -0.1) is 0 Å². The Bertz CT molecular complexity index is 1070. The predicted molar refractivity (Wildman–Crippen MR) is 111 cm³/mol. The van der Waals surface area contributed by atoms with E-state index in [1.807, 2.05) is 24.3 Å². The number of carbonyl (C=O) groups is 1. The van der Waals surface area contributed by atoms with Crippen molar-refractivity contribution < 1.29 is 22.7 Å². The highest BCUT2D eigenvalue weighted by molar-refractivity contribution is 6.30. The molecule has 1 fully saturated rings. The van der Waals surface area contributed by atoms with Crippen LogP contribution >= 0.6 is 11.6 Å². The molecular weight excluding hydrogens is 426 g/mol. The lowest BCUT2D eigenvalue weighted by molar-refractivity contribution is -0.134. The molecule has 0 N–H and O–H groups in total. The predicted octanol–water partition coefficient (Wildman–Crippen LogP) is 4.98. The number of amides is 1. The second kappa shape index (κ2) is 9.47. The Labute approximate surface area is 183 Å². The van der Waals surface area contributed by atoms with Crippen molar-refractivity contribution >= 4 is 17.5 Å². The van der Waals surface area contributed by atoms with Crippen LogP contribution in [0.1, 0.15) is 36.0 Å². The number of oxazole rings is 1. The van der Waals surface area contributed by atoms with Crippen molar-refractivity contribution in [2.45, 2.75) is 25.2 Å². The number of halogens is 3. The number of likely N-dealkylation sites (tertiary alicyclic amines) is 1. The van der Waals surface area contributed by atoms with Gasteiger partial charge < -0.3 is 14.1 Å². The molecule has 0 saturated carbocycles. The molecule has 1 aliphatic rings. The summed E-state index contributed by atoms with van der Waals surface area (Å²) in [4.78, 5) is 18.6. The molecule has 31 heavy (non-hydrogen) atoms. The van der Waals surface area contributed by atoms with E-state index in [0.29, 0.717) is 30.4 Å². The Morgan fingerprint density at radius 3 is 2.94 bits per heavy atom. The molecular formula is C23H21ClF2N2O3. The zero-order valence-electron chi connectivity index (χ0n) is 16.7. The standard InChI is InChI=1S/C23H21ClF2N2O3/c24-17-5-1-3-15(9-17)10-19-12-27-23(31-19)16-4-2-8-28(13-16)22(29)14-30-21-7-6-18(25)11-20(21)26/h1,3,5-7,9,11-12,16H,2,4,8,10,13-14H2/t16-/m1/s1. The number of piperidine rings is 1. The van der Waals surface area contributed by atoms with Crippen molar-refractivity contribution in [3.63, 3.8) is 0 Å². The van der Waals surface area contributed by atoms with Crippen molar-refractivity contribution in [3.05, 3.63) is 82.5 Å². The normalized spacial score (nSPS) is 16.4. The van der Waals surface area contributed by atoms with Crippen LogP contribution in [0.5, 0.6) is 5.75 Å². The molecule has 1 atom stereocenters. The van der Waals surface area contributed by atoms with E-state index in [0.717, 1.165) is 36.3 Å². The minimum Gasteiger partial charge on any atom is -0.481 e. The molecule has 0 unspecified atom stereocenters. The second-order valence-electron chi connectivity index (χ2n) is 7.51. The largest absolute Gasteiger partial charge is 0.481 e. The molecule has 1 saturated heterocycles. The molecule has 2 heterocycles. The minimum absolute atomic E-state index is 0.0200. The summed E-state index contributed by atoms with van der Waals surface area (Å²) in [6, 6.07) is 10.5. The number of benzene rings is 2. The molecule has 1 amide bonds. The van der Waals surface area contributed by atoms with E-state index in [1.165, 1.54) is 6.07 Å². The maximum atomic E-state index is 13.7. The number of hydrogen-bond acceptors (Lipinski definition) is 4. The van der Waals surface area contributed by atoms with Crippen molar-refractivity contribution in [3.8, 4) is 5.75 Å². The molecule has 3 aromatic rings. The molecule has 1 aromatic heterocycles. The fourth-order valence-electron chi connectivity index (χ4n) is 3.67. The SMILES string of the molecule is O=C(COc1ccc(F)cc1F)N1CCC[C@@H](c2ncc(Cc3cccc(Cl)c3)o2)C1. The summed E-state index contributed by atoms with van der Waals surface area (Å²) >= 11 is 6.03. The van der Waals surface area contributed by atoms with Gasteiger partial charge in [0.05, 0.1) is 12.1 Å². The van der Waals surface area contributed by atoms with Gasteiger partial charge in [0.2, 0.25) is 0 Å².